The standard InChI is InChI=1S/C20H19N3O3/c1-13-9-14(2)11-16(10-13)26-12-18(24)22-23-20(25)17-7-3-5-15-6-4-8-21-19(15)17/h3-11H,12H2,1-2H3,(H,22,24)(H,23,25). The minimum Gasteiger partial charge on any atom is -0.484 e. The summed E-state index contributed by atoms with van der Waals surface area (Å²) in [5.41, 5.74) is 7.82. The van der Waals surface area contributed by atoms with Gasteiger partial charge in [0.15, 0.2) is 6.61 Å². The van der Waals surface area contributed by atoms with Crippen molar-refractivity contribution in [2.24, 2.45) is 0 Å². The predicted molar refractivity (Wildman–Crippen MR) is 98.8 cm³/mol. The number of fused-ring (bicyclic) bond motifs is 1. The smallest absolute Gasteiger partial charge is 0.276 e. The van der Waals surface area contributed by atoms with Gasteiger partial charge in [0.05, 0.1) is 11.1 Å². The first-order valence-corrected chi connectivity index (χ1v) is 8.17. The van der Waals surface area contributed by atoms with Crippen LogP contribution in [0.3, 0.4) is 0 Å². The molecule has 26 heavy (non-hydrogen) atoms. The number of nitrogens with zero attached hydrogens (tertiary/aromatic N) is 1. The fourth-order valence-corrected chi connectivity index (χ4v) is 2.68. The van der Waals surface area contributed by atoms with Gasteiger partial charge in [-0.3, -0.25) is 25.4 Å². The number of hydrazine groups is 1. The first kappa shape index (κ1) is 17.4. The molecule has 0 unspecified atom stereocenters. The second-order valence-corrected chi connectivity index (χ2v) is 6.00. The van der Waals surface area contributed by atoms with E-state index in [-0.39, 0.29) is 6.61 Å². The highest BCUT2D eigenvalue weighted by Gasteiger charge is 2.12. The highest BCUT2D eigenvalue weighted by atomic mass is 16.5. The molecule has 3 aromatic rings. The quantitative estimate of drug-likeness (QED) is 0.710. The lowest BCUT2D eigenvalue weighted by atomic mass is 10.1. The number of benzene rings is 2. The topological polar surface area (TPSA) is 80.3 Å². The van der Waals surface area contributed by atoms with E-state index in [9.17, 15) is 9.59 Å². The molecule has 2 N–H and O–H groups in total. The highest BCUT2D eigenvalue weighted by Crippen LogP contribution is 2.16. The molecule has 0 aliphatic rings. The van der Waals surface area contributed by atoms with E-state index in [0.717, 1.165) is 16.5 Å². The number of pyridine rings is 1. The van der Waals surface area contributed by atoms with E-state index in [4.69, 9.17) is 4.74 Å². The van der Waals surface area contributed by atoms with E-state index in [2.05, 4.69) is 15.8 Å². The van der Waals surface area contributed by atoms with Crippen molar-refractivity contribution >= 4 is 22.7 Å². The van der Waals surface area contributed by atoms with Crippen LogP contribution < -0.4 is 15.6 Å². The number of aromatic nitrogens is 1. The Bertz CT molecular complexity index is 944. The molecule has 1 aromatic heterocycles. The first-order valence-electron chi connectivity index (χ1n) is 8.17. The van der Waals surface area contributed by atoms with Crippen molar-refractivity contribution in [2.75, 3.05) is 6.61 Å². The number of ether oxygens (including phenoxy) is 1. The summed E-state index contributed by atoms with van der Waals surface area (Å²) in [6.07, 6.45) is 1.62. The van der Waals surface area contributed by atoms with Gasteiger partial charge in [-0.2, -0.15) is 0 Å². The highest BCUT2D eigenvalue weighted by molar-refractivity contribution is 6.05. The molecule has 1 heterocycles. The molecule has 0 saturated heterocycles. The minimum absolute atomic E-state index is 0.197. The molecule has 2 aromatic carbocycles. The fraction of sp³-hybridized carbons (Fsp3) is 0.150. The zero-order valence-electron chi connectivity index (χ0n) is 14.6. The van der Waals surface area contributed by atoms with E-state index in [1.54, 1.807) is 24.4 Å². The third-order valence-electron chi connectivity index (χ3n) is 3.76. The Kier molecular flexibility index (Phi) is 5.12. The number of para-hydroxylation sites is 1. The van der Waals surface area contributed by atoms with Crippen LogP contribution in [0, 0.1) is 13.8 Å². The third-order valence-corrected chi connectivity index (χ3v) is 3.76. The molecule has 0 fully saturated rings. The SMILES string of the molecule is Cc1cc(C)cc(OCC(=O)NNC(=O)c2cccc3cccnc23)c1. The van der Waals surface area contributed by atoms with Crippen LogP contribution in [0.4, 0.5) is 0 Å². The van der Waals surface area contributed by atoms with E-state index < -0.39 is 11.8 Å². The molecule has 3 rings (SSSR count). The van der Waals surface area contributed by atoms with E-state index >= 15 is 0 Å². The number of nitrogens with one attached hydrogen (secondary N) is 2. The van der Waals surface area contributed by atoms with Crippen LogP contribution in [-0.2, 0) is 4.79 Å². The molecule has 0 bridgehead atoms. The van der Waals surface area contributed by atoms with Crippen LogP contribution >= 0.6 is 0 Å². The van der Waals surface area contributed by atoms with Gasteiger partial charge in [-0.1, -0.05) is 24.3 Å². The van der Waals surface area contributed by atoms with Crippen LogP contribution in [0.1, 0.15) is 21.5 Å². The molecule has 0 atom stereocenters. The lowest BCUT2D eigenvalue weighted by molar-refractivity contribution is -0.123. The molecule has 0 spiro atoms. The van der Waals surface area contributed by atoms with Gasteiger partial charge in [-0.05, 0) is 49.2 Å². The molecule has 0 radical (unpaired) electrons. The van der Waals surface area contributed by atoms with Gasteiger partial charge in [-0.25, -0.2) is 0 Å². The maximum absolute atomic E-state index is 12.3. The van der Waals surface area contributed by atoms with Crippen molar-refractivity contribution < 1.29 is 14.3 Å². The summed E-state index contributed by atoms with van der Waals surface area (Å²) >= 11 is 0. The van der Waals surface area contributed by atoms with Crippen LogP contribution in [-0.4, -0.2) is 23.4 Å². The number of amides is 2. The molecule has 6 heteroatoms. The Morgan fingerprint density at radius 1 is 1.00 bits per heavy atom. The lowest BCUT2D eigenvalue weighted by Crippen LogP contribution is -2.43. The number of hydrogen-bond donors (Lipinski definition) is 2. The van der Waals surface area contributed by atoms with Crippen LogP contribution in [0.25, 0.3) is 10.9 Å². The summed E-state index contributed by atoms with van der Waals surface area (Å²) in [6.45, 7) is 3.72. The molecular weight excluding hydrogens is 330 g/mol. The summed E-state index contributed by atoms with van der Waals surface area (Å²) in [6, 6.07) is 14.7. The van der Waals surface area contributed by atoms with Crippen molar-refractivity contribution in [3.63, 3.8) is 0 Å². The maximum atomic E-state index is 12.3. The van der Waals surface area contributed by atoms with Crippen LogP contribution in [0.5, 0.6) is 5.75 Å². The summed E-state index contributed by atoms with van der Waals surface area (Å²) < 4.78 is 5.46. The summed E-state index contributed by atoms with van der Waals surface area (Å²) in [4.78, 5) is 28.5. The molecule has 6 nitrogen and oxygen atoms in total. The second kappa shape index (κ2) is 7.65. The average molecular weight is 349 g/mol. The van der Waals surface area contributed by atoms with E-state index in [1.807, 2.05) is 44.2 Å². The second-order valence-electron chi connectivity index (χ2n) is 6.00. The Labute approximate surface area is 151 Å². The zero-order chi connectivity index (χ0) is 18.5. The number of rotatable bonds is 4. The Balaban J connectivity index is 1.58. The number of carbonyl (C=O) groups is 2. The summed E-state index contributed by atoms with van der Waals surface area (Å²) in [7, 11) is 0. The van der Waals surface area contributed by atoms with Gasteiger partial charge in [0, 0.05) is 11.6 Å². The van der Waals surface area contributed by atoms with Crippen LogP contribution in [0.2, 0.25) is 0 Å². The monoisotopic (exact) mass is 349 g/mol. The zero-order valence-corrected chi connectivity index (χ0v) is 14.6. The normalized spacial score (nSPS) is 10.4. The van der Waals surface area contributed by atoms with Crippen molar-refractivity contribution in [2.45, 2.75) is 13.8 Å². The van der Waals surface area contributed by atoms with Gasteiger partial charge in [-0.15, -0.1) is 0 Å². The van der Waals surface area contributed by atoms with E-state index in [1.165, 1.54) is 0 Å². The first-order chi connectivity index (χ1) is 12.5. The van der Waals surface area contributed by atoms with Gasteiger partial charge >= 0.3 is 0 Å². The predicted octanol–water partition coefficient (Wildman–Crippen LogP) is 2.69. The number of aryl methyl sites for hydroxylation is 2. The van der Waals surface area contributed by atoms with Gasteiger partial charge < -0.3 is 4.74 Å². The Morgan fingerprint density at radius 2 is 1.73 bits per heavy atom. The van der Waals surface area contributed by atoms with Gasteiger partial charge in [0.1, 0.15) is 5.75 Å². The molecule has 0 aliphatic heterocycles. The van der Waals surface area contributed by atoms with E-state index in [0.29, 0.717) is 16.8 Å². The Hall–Kier alpha value is -3.41. The van der Waals surface area contributed by atoms with Gasteiger partial charge in [0.25, 0.3) is 11.8 Å². The third kappa shape index (κ3) is 4.16. The molecule has 0 saturated carbocycles. The van der Waals surface area contributed by atoms with Crippen molar-refractivity contribution in [3.8, 4) is 5.75 Å². The Morgan fingerprint density at radius 3 is 2.50 bits per heavy atom. The van der Waals surface area contributed by atoms with Crippen molar-refractivity contribution in [1.29, 1.82) is 0 Å². The maximum Gasteiger partial charge on any atom is 0.276 e. The van der Waals surface area contributed by atoms with Crippen LogP contribution in [0.15, 0.2) is 54.7 Å². The summed E-state index contributed by atoms with van der Waals surface area (Å²) in [5.74, 6) is -0.276. The van der Waals surface area contributed by atoms with Crippen molar-refractivity contribution in [3.05, 3.63) is 71.4 Å². The largest absolute Gasteiger partial charge is 0.484 e. The molecular formula is C20H19N3O3. The molecule has 132 valence electrons. The van der Waals surface area contributed by atoms with Crippen molar-refractivity contribution in [1.82, 2.24) is 15.8 Å². The average Bonchev–Trinajstić information content (AvgIpc) is 2.63. The number of carbonyl (C=O) groups excluding carboxylic acids is 2. The molecule has 0 aliphatic carbocycles. The molecule has 2 amide bonds. The van der Waals surface area contributed by atoms with Gasteiger partial charge in [0.2, 0.25) is 0 Å². The fourth-order valence-electron chi connectivity index (χ4n) is 2.68. The number of hydrogen-bond acceptors (Lipinski definition) is 4. The summed E-state index contributed by atoms with van der Waals surface area (Å²) in [5, 5.41) is 0.852. The lowest BCUT2D eigenvalue weighted by Gasteiger charge is -2.10. The minimum atomic E-state index is -0.453.